The number of hydrogen-bond donors (Lipinski definition) is 0. The van der Waals surface area contributed by atoms with Crippen LogP contribution in [-0.4, -0.2) is 0 Å². The van der Waals surface area contributed by atoms with Crippen molar-refractivity contribution >= 4 is 15.9 Å². The molecule has 1 heteroatoms. The van der Waals surface area contributed by atoms with E-state index in [2.05, 4.69) is 43.6 Å². The maximum absolute atomic E-state index is 3.49. The topological polar surface area (TPSA) is 0 Å². The van der Waals surface area contributed by atoms with Gasteiger partial charge in [0.25, 0.3) is 0 Å². The zero-order valence-corrected chi connectivity index (χ0v) is 7.54. The van der Waals surface area contributed by atoms with Crippen LogP contribution in [0.1, 0.15) is 27.7 Å². The summed E-state index contributed by atoms with van der Waals surface area (Å²) in [5.74, 6) is 0.639. The second-order valence-electron chi connectivity index (χ2n) is 2.50. The van der Waals surface area contributed by atoms with Crippen LogP contribution in [0.2, 0.25) is 0 Å². The van der Waals surface area contributed by atoms with Crippen molar-refractivity contribution in [3.8, 4) is 0 Å². The summed E-state index contributed by atoms with van der Waals surface area (Å²) in [5, 5.41) is 0. The first kappa shape index (κ1) is 8.22. The predicted molar refractivity (Wildman–Crippen MR) is 42.1 cm³/mol. The molecule has 0 heterocycles. The smallest absolute Gasteiger partial charge is 0.00374 e. The molecule has 0 nitrogen and oxygen atoms in total. The lowest BCUT2D eigenvalue weighted by Crippen LogP contribution is -1.86. The molecular weight excluding hydrogens is 164 g/mol. The minimum Gasteiger partial charge on any atom is -0.0660 e. The molecule has 0 aliphatic carbocycles. The van der Waals surface area contributed by atoms with Crippen molar-refractivity contribution in [2.75, 3.05) is 0 Å². The fourth-order valence-electron chi connectivity index (χ4n) is 0.577. The van der Waals surface area contributed by atoms with Gasteiger partial charge in [-0.05, 0) is 24.2 Å². The van der Waals surface area contributed by atoms with E-state index in [0.717, 1.165) is 0 Å². The number of halogens is 1. The summed E-state index contributed by atoms with van der Waals surface area (Å²) < 4.78 is 1.33. The van der Waals surface area contributed by atoms with E-state index in [1.54, 1.807) is 0 Å². The predicted octanol–water partition coefficient (Wildman–Crippen LogP) is 3.33. The Kier molecular flexibility index (Phi) is 3.38. The normalized spacial score (nSPS) is 9.75. The molecule has 0 saturated carbocycles. The number of rotatable bonds is 1. The highest BCUT2D eigenvalue weighted by Crippen LogP contribution is 2.20. The first-order chi connectivity index (χ1) is 3.55. The van der Waals surface area contributed by atoms with Crippen molar-refractivity contribution < 1.29 is 0 Å². The molecule has 0 aromatic carbocycles. The molecule has 0 N–H and O–H groups in total. The fraction of sp³-hybridized carbons (Fsp3) is 0.714. The zero-order chi connectivity index (χ0) is 6.73. The molecule has 0 fully saturated rings. The molecule has 0 atom stereocenters. The van der Waals surface area contributed by atoms with Gasteiger partial charge in [0.05, 0.1) is 0 Å². The van der Waals surface area contributed by atoms with E-state index < -0.39 is 0 Å². The zero-order valence-electron chi connectivity index (χ0n) is 5.96. The van der Waals surface area contributed by atoms with Crippen LogP contribution in [0, 0.1) is 5.92 Å². The van der Waals surface area contributed by atoms with Crippen LogP contribution in [0.3, 0.4) is 0 Å². The van der Waals surface area contributed by atoms with Crippen LogP contribution in [0.4, 0.5) is 0 Å². The summed E-state index contributed by atoms with van der Waals surface area (Å²) in [7, 11) is 0. The van der Waals surface area contributed by atoms with Crippen molar-refractivity contribution in [2.24, 2.45) is 5.92 Å². The van der Waals surface area contributed by atoms with Gasteiger partial charge in [0.15, 0.2) is 0 Å². The van der Waals surface area contributed by atoms with Gasteiger partial charge in [-0.25, -0.2) is 0 Å². The van der Waals surface area contributed by atoms with Gasteiger partial charge in [0.2, 0.25) is 0 Å². The third kappa shape index (κ3) is 2.51. The lowest BCUT2D eigenvalue weighted by atomic mass is 10.1. The lowest BCUT2D eigenvalue weighted by molar-refractivity contribution is 0.810. The molecule has 0 saturated heterocycles. The molecule has 0 spiro atoms. The molecule has 0 aliphatic rings. The molecule has 0 amide bonds. The summed E-state index contributed by atoms with van der Waals surface area (Å²) in [5.41, 5.74) is 1.38. The highest BCUT2D eigenvalue weighted by molar-refractivity contribution is 9.11. The largest absolute Gasteiger partial charge is 0.0660 e. The van der Waals surface area contributed by atoms with E-state index >= 15 is 0 Å². The van der Waals surface area contributed by atoms with Gasteiger partial charge >= 0.3 is 0 Å². The molecule has 48 valence electrons. The molecule has 0 rings (SSSR count). The summed E-state index contributed by atoms with van der Waals surface area (Å²) in [6.45, 7) is 8.59. The van der Waals surface area contributed by atoms with Gasteiger partial charge in [-0.15, -0.1) is 0 Å². The lowest BCUT2D eigenvalue weighted by Gasteiger charge is -2.03. The van der Waals surface area contributed by atoms with E-state index in [1.165, 1.54) is 10.1 Å². The van der Waals surface area contributed by atoms with Gasteiger partial charge in [-0.2, -0.15) is 0 Å². The van der Waals surface area contributed by atoms with Crippen molar-refractivity contribution in [2.45, 2.75) is 27.7 Å². The van der Waals surface area contributed by atoms with E-state index in [-0.39, 0.29) is 0 Å². The highest BCUT2D eigenvalue weighted by Gasteiger charge is 1.97. The van der Waals surface area contributed by atoms with E-state index in [9.17, 15) is 0 Å². The third-order valence-electron chi connectivity index (χ3n) is 0.985. The van der Waals surface area contributed by atoms with Crippen LogP contribution < -0.4 is 0 Å². The number of allylic oxidation sites excluding steroid dienone is 2. The van der Waals surface area contributed by atoms with Crippen molar-refractivity contribution in [3.05, 3.63) is 10.1 Å². The fourth-order valence-corrected chi connectivity index (χ4v) is 0.577. The van der Waals surface area contributed by atoms with Gasteiger partial charge in [-0.3, -0.25) is 0 Å². The van der Waals surface area contributed by atoms with Crippen LogP contribution in [-0.2, 0) is 0 Å². The molecular formula is C7H13Br. The van der Waals surface area contributed by atoms with Crippen LogP contribution in [0.25, 0.3) is 0 Å². The highest BCUT2D eigenvalue weighted by atomic mass is 79.9. The summed E-state index contributed by atoms with van der Waals surface area (Å²) in [6.07, 6.45) is 0. The third-order valence-corrected chi connectivity index (χ3v) is 2.69. The maximum atomic E-state index is 3.49. The molecule has 0 bridgehead atoms. The van der Waals surface area contributed by atoms with Gasteiger partial charge in [0.1, 0.15) is 0 Å². The summed E-state index contributed by atoms with van der Waals surface area (Å²) >= 11 is 3.49. The molecule has 8 heavy (non-hydrogen) atoms. The summed E-state index contributed by atoms with van der Waals surface area (Å²) in [6, 6.07) is 0. The minimum atomic E-state index is 0.639. The Labute approximate surface area is 60.1 Å². The van der Waals surface area contributed by atoms with E-state index in [1.807, 2.05) is 0 Å². The Bertz CT molecular complexity index is 97.0. The van der Waals surface area contributed by atoms with Crippen molar-refractivity contribution in [3.63, 3.8) is 0 Å². The molecule has 0 aliphatic heterocycles. The molecule has 0 aromatic rings. The van der Waals surface area contributed by atoms with Gasteiger partial charge in [-0.1, -0.05) is 35.4 Å². The van der Waals surface area contributed by atoms with E-state index in [0.29, 0.717) is 5.92 Å². The monoisotopic (exact) mass is 176 g/mol. The Morgan fingerprint density at radius 1 is 1.25 bits per heavy atom. The quantitative estimate of drug-likeness (QED) is 0.576. The van der Waals surface area contributed by atoms with E-state index in [4.69, 9.17) is 0 Å². The average Bonchev–Trinajstić information content (AvgIpc) is 1.64. The standard InChI is InChI=1S/C7H13Br/c1-5(2)7(8)6(3)4/h5H,1-4H3. The Balaban J connectivity index is 4.00. The molecule has 0 aromatic heterocycles. The van der Waals surface area contributed by atoms with Crippen LogP contribution in [0.15, 0.2) is 10.1 Å². The number of hydrogen-bond acceptors (Lipinski definition) is 0. The first-order valence-electron chi connectivity index (χ1n) is 2.88. The second-order valence-corrected chi connectivity index (χ2v) is 3.36. The Morgan fingerprint density at radius 3 is 1.62 bits per heavy atom. The van der Waals surface area contributed by atoms with Crippen LogP contribution in [0.5, 0.6) is 0 Å². The SMILES string of the molecule is CC(C)=C(Br)C(C)C. The summed E-state index contributed by atoms with van der Waals surface area (Å²) in [4.78, 5) is 0. The Morgan fingerprint density at radius 2 is 1.62 bits per heavy atom. The molecule has 0 radical (unpaired) electrons. The molecule has 0 unspecified atom stereocenters. The van der Waals surface area contributed by atoms with Crippen LogP contribution >= 0.6 is 15.9 Å². The van der Waals surface area contributed by atoms with Gasteiger partial charge in [0, 0.05) is 0 Å². The minimum absolute atomic E-state index is 0.639. The Hall–Kier alpha value is 0.220. The van der Waals surface area contributed by atoms with Crippen molar-refractivity contribution in [1.82, 2.24) is 0 Å². The average molecular weight is 177 g/mol. The maximum Gasteiger partial charge on any atom is -0.00374 e. The second kappa shape index (κ2) is 3.29. The first-order valence-corrected chi connectivity index (χ1v) is 3.68. The van der Waals surface area contributed by atoms with Gasteiger partial charge < -0.3 is 0 Å². The van der Waals surface area contributed by atoms with Crippen molar-refractivity contribution in [1.29, 1.82) is 0 Å².